The summed E-state index contributed by atoms with van der Waals surface area (Å²) in [6.07, 6.45) is 3.94. The first-order valence-corrected chi connectivity index (χ1v) is 7.68. The molecule has 1 atom stereocenters. The minimum absolute atomic E-state index is 0.170. The fourth-order valence-electron chi connectivity index (χ4n) is 2.18. The number of rotatable bonds is 6. The van der Waals surface area contributed by atoms with Crippen LogP contribution >= 0.6 is 11.6 Å². The van der Waals surface area contributed by atoms with Gasteiger partial charge in [-0.1, -0.05) is 39.3 Å². The Kier molecular flexibility index (Phi) is 5.87. The average Bonchev–Trinajstić information content (AvgIpc) is 2.64. The molecule has 0 aromatic carbocycles. The second kappa shape index (κ2) is 6.76. The van der Waals surface area contributed by atoms with Crippen molar-refractivity contribution < 1.29 is 0 Å². The number of aryl methyl sites for hydroxylation is 2. The monoisotopic (exact) mass is 285 g/mol. The standard InChI is InChI=1S/C15H28ClN3/c1-6-11-14(16)12(19(7-2)18-11)9-8-10-13(17)15(3,4)5/h13H,6-10,17H2,1-5H3. The lowest BCUT2D eigenvalue weighted by Crippen LogP contribution is -2.34. The second-order valence-electron chi connectivity index (χ2n) is 6.24. The van der Waals surface area contributed by atoms with E-state index in [-0.39, 0.29) is 11.5 Å². The lowest BCUT2D eigenvalue weighted by atomic mass is 9.84. The van der Waals surface area contributed by atoms with E-state index in [1.165, 1.54) is 5.69 Å². The zero-order valence-corrected chi connectivity index (χ0v) is 13.7. The van der Waals surface area contributed by atoms with Crippen LogP contribution in [0.3, 0.4) is 0 Å². The highest BCUT2D eigenvalue weighted by Gasteiger charge is 2.21. The van der Waals surface area contributed by atoms with Crippen molar-refractivity contribution in [2.45, 2.75) is 72.9 Å². The molecule has 0 aliphatic carbocycles. The van der Waals surface area contributed by atoms with Crippen molar-refractivity contribution in [3.8, 4) is 0 Å². The Hall–Kier alpha value is -0.540. The van der Waals surface area contributed by atoms with Gasteiger partial charge in [0.05, 0.1) is 16.4 Å². The van der Waals surface area contributed by atoms with Crippen molar-refractivity contribution in [3.05, 3.63) is 16.4 Å². The van der Waals surface area contributed by atoms with E-state index in [1.807, 2.05) is 4.68 Å². The van der Waals surface area contributed by atoms with Gasteiger partial charge >= 0.3 is 0 Å². The SMILES string of the molecule is CCc1nn(CC)c(CCCC(N)C(C)(C)C)c1Cl. The maximum atomic E-state index is 6.40. The smallest absolute Gasteiger partial charge is 0.0849 e. The van der Waals surface area contributed by atoms with Gasteiger partial charge in [0.25, 0.3) is 0 Å². The number of aromatic nitrogens is 2. The fourth-order valence-corrected chi connectivity index (χ4v) is 2.54. The summed E-state index contributed by atoms with van der Waals surface area (Å²) >= 11 is 6.40. The molecule has 1 rings (SSSR count). The Morgan fingerprint density at radius 1 is 1.32 bits per heavy atom. The van der Waals surface area contributed by atoms with Crippen molar-refractivity contribution >= 4 is 11.6 Å². The highest BCUT2D eigenvalue weighted by atomic mass is 35.5. The van der Waals surface area contributed by atoms with Gasteiger partial charge in [-0.15, -0.1) is 0 Å². The number of nitrogens with zero attached hydrogens (tertiary/aromatic N) is 2. The number of hydrogen-bond acceptors (Lipinski definition) is 2. The molecule has 1 heterocycles. The van der Waals surface area contributed by atoms with E-state index in [1.54, 1.807) is 0 Å². The first-order chi connectivity index (χ1) is 8.81. The highest BCUT2D eigenvalue weighted by molar-refractivity contribution is 6.31. The lowest BCUT2D eigenvalue weighted by Gasteiger charge is -2.27. The molecule has 0 aliphatic rings. The summed E-state index contributed by atoms with van der Waals surface area (Å²) < 4.78 is 2.03. The first kappa shape index (κ1) is 16.5. The van der Waals surface area contributed by atoms with Crippen molar-refractivity contribution in [1.29, 1.82) is 0 Å². The van der Waals surface area contributed by atoms with E-state index in [4.69, 9.17) is 17.3 Å². The second-order valence-corrected chi connectivity index (χ2v) is 6.62. The van der Waals surface area contributed by atoms with Crippen molar-refractivity contribution in [3.63, 3.8) is 0 Å². The number of hydrogen-bond donors (Lipinski definition) is 1. The molecule has 0 radical (unpaired) electrons. The predicted octanol–water partition coefficient (Wildman–Crippen LogP) is 3.81. The van der Waals surface area contributed by atoms with E-state index in [2.05, 4.69) is 39.7 Å². The summed E-state index contributed by atoms with van der Waals surface area (Å²) in [6.45, 7) is 11.6. The molecule has 0 aliphatic heterocycles. The molecule has 1 unspecified atom stereocenters. The van der Waals surface area contributed by atoms with E-state index < -0.39 is 0 Å². The van der Waals surface area contributed by atoms with E-state index in [9.17, 15) is 0 Å². The van der Waals surface area contributed by atoms with Crippen molar-refractivity contribution in [1.82, 2.24) is 9.78 Å². The van der Waals surface area contributed by atoms with Crippen LogP contribution in [0.4, 0.5) is 0 Å². The zero-order chi connectivity index (χ0) is 14.6. The molecule has 0 spiro atoms. The molecule has 1 aromatic rings. The van der Waals surface area contributed by atoms with Gasteiger partial charge < -0.3 is 5.73 Å². The van der Waals surface area contributed by atoms with Gasteiger partial charge in [-0.2, -0.15) is 5.10 Å². The van der Waals surface area contributed by atoms with Crippen LogP contribution < -0.4 is 5.73 Å². The fraction of sp³-hybridized carbons (Fsp3) is 0.800. The molecule has 0 amide bonds. The summed E-state index contributed by atoms with van der Waals surface area (Å²) in [4.78, 5) is 0. The van der Waals surface area contributed by atoms with Gasteiger partial charge in [0.2, 0.25) is 0 Å². The third kappa shape index (κ3) is 4.22. The van der Waals surface area contributed by atoms with Gasteiger partial charge in [0, 0.05) is 12.6 Å². The topological polar surface area (TPSA) is 43.8 Å². The molecule has 0 saturated carbocycles. The third-order valence-corrected chi connectivity index (χ3v) is 4.17. The zero-order valence-electron chi connectivity index (χ0n) is 13.0. The molecule has 1 aromatic heterocycles. The van der Waals surface area contributed by atoms with Crippen LogP contribution in [0.2, 0.25) is 5.02 Å². The molecule has 0 bridgehead atoms. The molecule has 3 nitrogen and oxygen atoms in total. The van der Waals surface area contributed by atoms with Gasteiger partial charge in [-0.3, -0.25) is 4.68 Å². The molecule has 0 fully saturated rings. The summed E-state index contributed by atoms with van der Waals surface area (Å²) in [6, 6.07) is 0.231. The number of halogens is 1. The molecular weight excluding hydrogens is 258 g/mol. The highest BCUT2D eigenvalue weighted by Crippen LogP contribution is 2.25. The van der Waals surface area contributed by atoms with Gasteiger partial charge in [0.15, 0.2) is 0 Å². The maximum absolute atomic E-state index is 6.40. The lowest BCUT2D eigenvalue weighted by molar-refractivity contribution is 0.300. The van der Waals surface area contributed by atoms with E-state index in [0.717, 1.165) is 42.9 Å². The van der Waals surface area contributed by atoms with Gasteiger partial charge in [0.1, 0.15) is 0 Å². The van der Waals surface area contributed by atoms with Crippen LogP contribution in [-0.2, 0) is 19.4 Å². The van der Waals surface area contributed by atoms with Crippen LogP contribution in [0.15, 0.2) is 0 Å². The minimum Gasteiger partial charge on any atom is -0.327 e. The maximum Gasteiger partial charge on any atom is 0.0849 e. The van der Waals surface area contributed by atoms with E-state index >= 15 is 0 Å². The van der Waals surface area contributed by atoms with Crippen molar-refractivity contribution in [2.75, 3.05) is 0 Å². The van der Waals surface area contributed by atoms with Crippen LogP contribution in [0.5, 0.6) is 0 Å². The molecule has 0 saturated heterocycles. The normalized spacial score (nSPS) is 13.8. The van der Waals surface area contributed by atoms with Crippen LogP contribution in [0.1, 0.15) is 58.8 Å². The van der Waals surface area contributed by atoms with Crippen LogP contribution in [-0.4, -0.2) is 15.8 Å². The largest absolute Gasteiger partial charge is 0.327 e. The molecule has 19 heavy (non-hydrogen) atoms. The Bertz CT molecular complexity index is 404. The average molecular weight is 286 g/mol. The Morgan fingerprint density at radius 3 is 2.42 bits per heavy atom. The van der Waals surface area contributed by atoms with Gasteiger partial charge in [-0.05, 0) is 38.0 Å². The minimum atomic E-state index is 0.170. The van der Waals surface area contributed by atoms with E-state index in [0.29, 0.717) is 0 Å². The van der Waals surface area contributed by atoms with Crippen LogP contribution in [0.25, 0.3) is 0 Å². The Balaban J connectivity index is 2.65. The molecule has 2 N–H and O–H groups in total. The quantitative estimate of drug-likeness (QED) is 0.864. The summed E-state index contributed by atoms with van der Waals surface area (Å²) in [5, 5.41) is 5.40. The summed E-state index contributed by atoms with van der Waals surface area (Å²) in [5.74, 6) is 0. The molecular formula is C15H28ClN3. The summed E-state index contributed by atoms with van der Waals surface area (Å²) in [5.41, 5.74) is 8.55. The predicted molar refractivity (Wildman–Crippen MR) is 82.7 cm³/mol. The molecule has 4 heteroatoms. The first-order valence-electron chi connectivity index (χ1n) is 7.30. The summed E-state index contributed by atoms with van der Waals surface area (Å²) in [7, 11) is 0. The Labute approximate surface area is 122 Å². The third-order valence-electron chi connectivity index (χ3n) is 3.74. The van der Waals surface area contributed by atoms with Crippen LogP contribution in [0, 0.1) is 5.41 Å². The number of nitrogens with two attached hydrogens (primary N) is 1. The molecule has 110 valence electrons. The Morgan fingerprint density at radius 2 is 1.95 bits per heavy atom. The van der Waals surface area contributed by atoms with Crippen molar-refractivity contribution in [2.24, 2.45) is 11.1 Å². The van der Waals surface area contributed by atoms with Gasteiger partial charge in [-0.25, -0.2) is 0 Å².